The molecule has 2 aliphatic heterocycles. The second kappa shape index (κ2) is 8.44. The highest BCUT2D eigenvalue weighted by Crippen LogP contribution is 2.39. The van der Waals surface area contributed by atoms with Crippen molar-refractivity contribution in [2.45, 2.75) is 63.2 Å². The molecule has 154 valence electrons. The van der Waals surface area contributed by atoms with Gasteiger partial charge in [-0.1, -0.05) is 30.3 Å². The number of primary amides is 1. The number of nitrogens with two attached hydrogens (primary N) is 1. The number of nitrogens with one attached hydrogen (secondary N) is 2. The Kier molecular flexibility index (Phi) is 6.19. The van der Waals surface area contributed by atoms with Crippen molar-refractivity contribution >= 4 is 11.9 Å². The first-order valence-corrected chi connectivity index (χ1v) is 9.19. The van der Waals surface area contributed by atoms with Crippen molar-refractivity contribution < 1.29 is 28.5 Å². The Morgan fingerprint density at radius 2 is 1.96 bits per heavy atom. The van der Waals surface area contributed by atoms with E-state index in [0.717, 1.165) is 5.56 Å². The fourth-order valence-corrected chi connectivity index (χ4v) is 3.56. The summed E-state index contributed by atoms with van der Waals surface area (Å²) in [6.45, 7) is 3.92. The van der Waals surface area contributed by atoms with E-state index < -0.39 is 48.4 Å². The van der Waals surface area contributed by atoms with E-state index in [1.807, 2.05) is 30.3 Å². The van der Waals surface area contributed by atoms with Crippen molar-refractivity contribution in [1.82, 2.24) is 10.6 Å². The maximum atomic E-state index is 12.4. The van der Waals surface area contributed by atoms with Gasteiger partial charge in [-0.05, 0) is 19.4 Å². The number of urea groups is 1. The number of hydrogen-bond acceptors (Lipinski definition) is 6. The maximum Gasteiger partial charge on any atom is 0.315 e. The zero-order chi connectivity index (χ0) is 20.3. The molecule has 0 aromatic heterocycles. The molecule has 1 aromatic rings. The summed E-state index contributed by atoms with van der Waals surface area (Å²) in [6, 6.07) is 8.35. The van der Waals surface area contributed by atoms with E-state index in [4.69, 9.17) is 24.7 Å². The molecule has 2 aliphatic rings. The van der Waals surface area contributed by atoms with Crippen LogP contribution in [0.25, 0.3) is 0 Å². The van der Waals surface area contributed by atoms with Crippen molar-refractivity contribution in [2.75, 3.05) is 7.11 Å². The summed E-state index contributed by atoms with van der Waals surface area (Å²) in [5, 5.41) is 5.53. The molecule has 0 unspecified atom stereocenters. The molecule has 0 bridgehead atoms. The predicted molar refractivity (Wildman–Crippen MR) is 98.9 cm³/mol. The van der Waals surface area contributed by atoms with Crippen molar-refractivity contribution in [2.24, 2.45) is 5.73 Å². The number of ether oxygens (including phenoxy) is 4. The van der Waals surface area contributed by atoms with E-state index in [-0.39, 0.29) is 6.42 Å². The molecular formula is C19H27N3O6. The van der Waals surface area contributed by atoms with Crippen LogP contribution >= 0.6 is 0 Å². The summed E-state index contributed by atoms with van der Waals surface area (Å²) in [6.07, 6.45) is -2.38. The van der Waals surface area contributed by atoms with Gasteiger partial charge in [-0.25, -0.2) is 4.79 Å². The molecular weight excluding hydrogens is 366 g/mol. The van der Waals surface area contributed by atoms with Crippen molar-refractivity contribution in [3.8, 4) is 0 Å². The Bertz CT molecular complexity index is 698. The Morgan fingerprint density at radius 3 is 2.61 bits per heavy atom. The van der Waals surface area contributed by atoms with Gasteiger partial charge in [0.2, 0.25) is 5.91 Å². The normalized spacial score (nSPS) is 29.1. The van der Waals surface area contributed by atoms with Gasteiger partial charge in [-0.2, -0.15) is 0 Å². The van der Waals surface area contributed by atoms with Crippen LogP contribution in [0.3, 0.4) is 0 Å². The van der Waals surface area contributed by atoms with Crippen LogP contribution in [0.5, 0.6) is 0 Å². The minimum Gasteiger partial charge on any atom is -0.376 e. The summed E-state index contributed by atoms with van der Waals surface area (Å²) >= 11 is 0. The third-order valence-electron chi connectivity index (χ3n) is 4.73. The molecule has 2 fully saturated rings. The molecule has 9 heteroatoms. The highest BCUT2D eigenvalue weighted by atomic mass is 16.8. The maximum absolute atomic E-state index is 12.4. The van der Waals surface area contributed by atoms with Crippen LogP contribution in [0.4, 0.5) is 4.79 Å². The highest BCUT2D eigenvalue weighted by Gasteiger charge is 2.57. The summed E-state index contributed by atoms with van der Waals surface area (Å²) in [4.78, 5) is 23.9. The van der Waals surface area contributed by atoms with E-state index in [1.54, 1.807) is 13.8 Å². The molecule has 5 atom stereocenters. The Morgan fingerprint density at radius 1 is 1.25 bits per heavy atom. The van der Waals surface area contributed by atoms with Crippen LogP contribution in [0.15, 0.2) is 30.3 Å². The fourth-order valence-electron chi connectivity index (χ4n) is 3.56. The third kappa shape index (κ3) is 4.79. The lowest BCUT2D eigenvalue weighted by Gasteiger charge is -2.30. The van der Waals surface area contributed by atoms with Crippen molar-refractivity contribution in [1.29, 1.82) is 0 Å². The molecule has 2 saturated heterocycles. The molecule has 0 radical (unpaired) electrons. The van der Waals surface area contributed by atoms with Gasteiger partial charge in [0.05, 0.1) is 6.04 Å². The lowest BCUT2D eigenvalue weighted by atomic mass is 10.0. The van der Waals surface area contributed by atoms with Crippen LogP contribution in [0.2, 0.25) is 0 Å². The number of amides is 3. The van der Waals surface area contributed by atoms with Crippen LogP contribution in [0, 0.1) is 0 Å². The predicted octanol–water partition coefficient (Wildman–Crippen LogP) is 0.621. The van der Waals surface area contributed by atoms with Gasteiger partial charge in [0.15, 0.2) is 12.1 Å². The average Bonchev–Trinajstić information content (AvgIpc) is 3.11. The van der Waals surface area contributed by atoms with E-state index in [1.165, 1.54) is 7.11 Å². The molecule has 0 saturated carbocycles. The van der Waals surface area contributed by atoms with Gasteiger partial charge < -0.3 is 35.3 Å². The minimum absolute atomic E-state index is 0.105. The van der Waals surface area contributed by atoms with Crippen molar-refractivity contribution in [3.63, 3.8) is 0 Å². The van der Waals surface area contributed by atoms with E-state index in [9.17, 15) is 9.59 Å². The van der Waals surface area contributed by atoms with Gasteiger partial charge in [0.25, 0.3) is 0 Å². The zero-order valence-corrected chi connectivity index (χ0v) is 16.2. The van der Waals surface area contributed by atoms with E-state index >= 15 is 0 Å². The number of benzene rings is 1. The van der Waals surface area contributed by atoms with Gasteiger partial charge >= 0.3 is 6.03 Å². The van der Waals surface area contributed by atoms with E-state index in [0.29, 0.717) is 6.54 Å². The Hall–Kier alpha value is -2.20. The van der Waals surface area contributed by atoms with Crippen LogP contribution in [-0.2, 0) is 30.3 Å². The molecule has 1 aromatic carbocycles. The van der Waals surface area contributed by atoms with Crippen LogP contribution < -0.4 is 16.4 Å². The lowest BCUT2D eigenvalue weighted by Crippen LogP contribution is -2.53. The van der Waals surface area contributed by atoms with Gasteiger partial charge in [-0.15, -0.1) is 0 Å². The number of fused-ring (bicyclic) bond motifs is 1. The molecule has 0 aliphatic carbocycles. The van der Waals surface area contributed by atoms with Gasteiger partial charge in [0.1, 0.15) is 18.3 Å². The van der Waals surface area contributed by atoms with Gasteiger partial charge in [0, 0.05) is 20.1 Å². The Balaban J connectivity index is 1.64. The van der Waals surface area contributed by atoms with Crippen LogP contribution in [0.1, 0.15) is 25.8 Å². The van der Waals surface area contributed by atoms with E-state index in [2.05, 4.69) is 10.6 Å². The fraction of sp³-hybridized carbons (Fsp3) is 0.579. The average molecular weight is 393 g/mol. The number of carbonyl (C=O) groups excluding carboxylic acids is 2. The third-order valence-corrected chi connectivity index (χ3v) is 4.73. The number of methoxy groups -OCH3 is 1. The lowest BCUT2D eigenvalue weighted by molar-refractivity contribution is -0.219. The SMILES string of the molecule is CO[C@@H]1[C@H]2OC(C)(C)O[C@H]2O[C@@H]1[C@H](CC(N)=O)NC(=O)NCc1ccccc1. The zero-order valence-electron chi connectivity index (χ0n) is 16.2. The first kappa shape index (κ1) is 20.5. The van der Waals surface area contributed by atoms with Crippen molar-refractivity contribution in [3.05, 3.63) is 35.9 Å². The highest BCUT2D eigenvalue weighted by molar-refractivity contribution is 5.78. The molecule has 4 N–H and O–H groups in total. The number of hydrogen-bond donors (Lipinski definition) is 3. The molecule has 2 heterocycles. The molecule has 9 nitrogen and oxygen atoms in total. The minimum atomic E-state index is -0.795. The number of carbonyl (C=O) groups is 2. The topological polar surface area (TPSA) is 121 Å². The monoisotopic (exact) mass is 393 g/mol. The first-order valence-electron chi connectivity index (χ1n) is 9.19. The van der Waals surface area contributed by atoms with Crippen LogP contribution in [-0.4, -0.2) is 55.5 Å². The summed E-state index contributed by atoms with van der Waals surface area (Å²) in [7, 11) is 1.52. The molecule has 3 amide bonds. The summed E-state index contributed by atoms with van der Waals surface area (Å²) in [5.41, 5.74) is 6.33. The summed E-state index contributed by atoms with van der Waals surface area (Å²) in [5.74, 6) is -1.36. The molecule has 3 rings (SSSR count). The summed E-state index contributed by atoms with van der Waals surface area (Å²) < 4.78 is 23.1. The Labute approximate surface area is 163 Å². The molecule has 0 spiro atoms. The number of rotatable bonds is 7. The quantitative estimate of drug-likeness (QED) is 0.624. The molecule has 28 heavy (non-hydrogen) atoms. The second-order valence-corrected chi connectivity index (χ2v) is 7.36. The standard InChI is InChI=1S/C19H27N3O6/c1-19(2)27-16-15(25-3)14(26-17(16)28-19)12(9-13(20)23)22-18(24)21-10-11-7-5-4-6-8-11/h4-8,12,14-17H,9-10H2,1-3H3,(H2,20,23)(H2,21,22,24)/t12-,14+,15-,16+,17+/m0/s1. The second-order valence-electron chi connectivity index (χ2n) is 7.36. The first-order chi connectivity index (χ1) is 13.3. The smallest absolute Gasteiger partial charge is 0.315 e. The largest absolute Gasteiger partial charge is 0.376 e. The van der Waals surface area contributed by atoms with Gasteiger partial charge in [-0.3, -0.25) is 4.79 Å².